The summed E-state index contributed by atoms with van der Waals surface area (Å²) in [4.78, 5) is 0.0786. The van der Waals surface area contributed by atoms with Crippen LogP contribution in [-0.2, 0) is 14.9 Å². The molecule has 0 radical (unpaired) electrons. The molecule has 0 amide bonds. The Morgan fingerprint density at radius 3 is 2.27 bits per heavy atom. The van der Waals surface area contributed by atoms with E-state index in [1.54, 1.807) is 44.4 Å². The molecular weight excluding hydrogens is 304 g/mol. The number of benzene rings is 2. The molecule has 0 aliphatic heterocycles. The standard InChI is InChI=1S/C16H18O5S/c1-13-5-3-4-6-16(13)21-22(17,18)15-9-7-14(8-10-15)20-12-11-19-2/h3-10H,11-12H2,1-2H3. The van der Waals surface area contributed by atoms with Crippen molar-refractivity contribution >= 4 is 10.1 Å². The summed E-state index contributed by atoms with van der Waals surface area (Å²) in [6.45, 7) is 2.66. The van der Waals surface area contributed by atoms with Gasteiger partial charge >= 0.3 is 10.1 Å². The molecular formula is C16H18O5S. The number of ether oxygens (including phenoxy) is 2. The topological polar surface area (TPSA) is 61.8 Å². The van der Waals surface area contributed by atoms with E-state index in [9.17, 15) is 8.42 Å². The van der Waals surface area contributed by atoms with Crippen LogP contribution < -0.4 is 8.92 Å². The lowest BCUT2D eigenvalue weighted by atomic mass is 10.2. The zero-order chi connectivity index (χ0) is 16.0. The minimum absolute atomic E-state index is 0.0786. The van der Waals surface area contributed by atoms with Crippen LogP contribution in [0.3, 0.4) is 0 Å². The van der Waals surface area contributed by atoms with E-state index in [2.05, 4.69) is 0 Å². The predicted molar refractivity (Wildman–Crippen MR) is 82.8 cm³/mol. The summed E-state index contributed by atoms with van der Waals surface area (Å²) in [6.07, 6.45) is 0. The van der Waals surface area contributed by atoms with Crippen LogP contribution in [0.15, 0.2) is 53.4 Å². The minimum atomic E-state index is -3.86. The highest BCUT2D eigenvalue weighted by Crippen LogP contribution is 2.23. The Morgan fingerprint density at radius 1 is 0.955 bits per heavy atom. The molecule has 6 heteroatoms. The highest BCUT2D eigenvalue weighted by Gasteiger charge is 2.17. The van der Waals surface area contributed by atoms with E-state index in [0.29, 0.717) is 24.7 Å². The zero-order valence-electron chi connectivity index (χ0n) is 12.5. The maximum atomic E-state index is 12.2. The molecule has 0 aliphatic rings. The van der Waals surface area contributed by atoms with E-state index < -0.39 is 10.1 Å². The maximum absolute atomic E-state index is 12.2. The number of aryl methyl sites for hydroxylation is 1. The van der Waals surface area contributed by atoms with Gasteiger partial charge in [0.05, 0.1) is 6.61 Å². The summed E-state index contributed by atoms with van der Waals surface area (Å²) in [7, 11) is -2.27. The summed E-state index contributed by atoms with van der Waals surface area (Å²) in [5, 5.41) is 0. The zero-order valence-corrected chi connectivity index (χ0v) is 13.3. The van der Waals surface area contributed by atoms with Crippen molar-refractivity contribution in [2.75, 3.05) is 20.3 Å². The van der Waals surface area contributed by atoms with Crippen molar-refractivity contribution in [2.45, 2.75) is 11.8 Å². The lowest BCUT2D eigenvalue weighted by Crippen LogP contribution is -2.10. The van der Waals surface area contributed by atoms with Gasteiger partial charge in [-0.05, 0) is 42.8 Å². The Bertz CT molecular complexity index is 708. The molecule has 0 saturated carbocycles. The Kier molecular flexibility index (Phi) is 5.41. The minimum Gasteiger partial charge on any atom is -0.491 e. The second-order valence-electron chi connectivity index (χ2n) is 4.62. The van der Waals surface area contributed by atoms with Crippen molar-refractivity contribution < 1.29 is 22.1 Å². The second kappa shape index (κ2) is 7.29. The fourth-order valence-corrected chi connectivity index (χ4v) is 2.75. The third-order valence-corrected chi connectivity index (χ3v) is 4.21. The number of hydrogen-bond donors (Lipinski definition) is 0. The summed E-state index contributed by atoms with van der Waals surface area (Å²) in [5.74, 6) is 0.898. The van der Waals surface area contributed by atoms with E-state index >= 15 is 0 Å². The summed E-state index contributed by atoms with van der Waals surface area (Å²) >= 11 is 0. The Balaban J connectivity index is 2.11. The van der Waals surface area contributed by atoms with Crippen LogP contribution >= 0.6 is 0 Å². The van der Waals surface area contributed by atoms with E-state index in [1.165, 1.54) is 12.1 Å². The van der Waals surface area contributed by atoms with Crippen molar-refractivity contribution in [3.05, 3.63) is 54.1 Å². The molecule has 0 spiro atoms. The molecule has 0 fully saturated rings. The van der Waals surface area contributed by atoms with Gasteiger partial charge in [0.25, 0.3) is 0 Å². The second-order valence-corrected chi connectivity index (χ2v) is 6.16. The first-order chi connectivity index (χ1) is 10.5. The molecule has 5 nitrogen and oxygen atoms in total. The Hall–Kier alpha value is -2.05. The number of para-hydroxylation sites is 1. The molecule has 0 atom stereocenters. The lowest BCUT2D eigenvalue weighted by molar-refractivity contribution is 0.146. The molecule has 0 N–H and O–H groups in total. The van der Waals surface area contributed by atoms with Gasteiger partial charge in [0, 0.05) is 7.11 Å². The molecule has 2 aromatic rings. The van der Waals surface area contributed by atoms with E-state index in [0.717, 1.165) is 5.56 Å². The molecule has 0 unspecified atom stereocenters. The first-order valence-electron chi connectivity index (χ1n) is 6.75. The predicted octanol–water partition coefficient (Wildman–Crippen LogP) is 2.79. The van der Waals surface area contributed by atoms with Gasteiger partial charge in [-0.2, -0.15) is 8.42 Å². The average molecular weight is 322 g/mol. The smallest absolute Gasteiger partial charge is 0.339 e. The van der Waals surface area contributed by atoms with Gasteiger partial charge < -0.3 is 13.7 Å². The third kappa shape index (κ3) is 4.22. The molecule has 22 heavy (non-hydrogen) atoms. The molecule has 0 heterocycles. The van der Waals surface area contributed by atoms with Crippen LogP contribution in [0.1, 0.15) is 5.56 Å². The van der Waals surface area contributed by atoms with E-state index in [4.69, 9.17) is 13.7 Å². The van der Waals surface area contributed by atoms with Crippen molar-refractivity contribution in [3.8, 4) is 11.5 Å². The molecule has 0 aromatic heterocycles. The summed E-state index contributed by atoms with van der Waals surface area (Å²) in [5.41, 5.74) is 0.755. The van der Waals surface area contributed by atoms with Gasteiger partial charge in [-0.1, -0.05) is 18.2 Å². The summed E-state index contributed by atoms with van der Waals surface area (Å²) < 4.78 is 39.9. The molecule has 0 bridgehead atoms. The van der Waals surface area contributed by atoms with E-state index in [1.807, 2.05) is 6.07 Å². The van der Waals surface area contributed by atoms with Crippen LogP contribution in [0.4, 0.5) is 0 Å². The SMILES string of the molecule is COCCOc1ccc(S(=O)(=O)Oc2ccccc2C)cc1. The van der Waals surface area contributed by atoms with Gasteiger partial charge in [-0.15, -0.1) is 0 Å². The number of rotatable bonds is 7. The van der Waals surface area contributed by atoms with Crippen molar-refractivity contribution in [3.63, 3.8) is 0 Å². The van der Waals surface area contributed by atoms with Crippen LogP contribution in [0.2, 0.25) is 0 Å². The normalized spacial score (nSPS) is 11.2. The Morgan fingerprint density at radius 2 is 1.64 bits per heavy atom. The van der Waals surface area contributed by atoms with Crippen molar-refractivity contribution in [1.29, 1.82) is 0 Å². The van der Waals surface area contributed by atoms with Crippen LogP contribution in [0.5, 0.6) is 11.5 Å². The summed E-state index contributed by atoms with van der Waals surface area (Å²) in [6, 6.07) is 13.0. The third-order valence-electron chi connectivity index (χ3n) is 2.96. The fraction of sp³-hybridized carbons (Fsp3) is 0.250. The maximum Gasteiger partial charge on any atom is 0.339 e. The van der Waals surface area contributed by atoms with Gasteiger partial charge in [0.1, 0.15) is 23.0 Å². The van der Waals surface area contributed by atoms with Gasteiger partial charge in [0.15, 0.2) is 0 Å². The molecule has 0 saturated heterocycles. The van der Waals surface area contributed by atoms with Crippen LogP contribution in [-0.4, -0.2) is 28.7 Å². The Labute approximate surface area is 130 Å². The molecule has 2 rings (SSSR count). The number of methoxy groups -OCH3 is 1. The van der Waals surface area contributed by atoms with Crippen LogP contribution in [0.25, 0.3) is 0 Å². The molecule has 2 aromatic carbocycles. The van der Waals surface area contributed by atoms with Gasteiger partial charge in [0.2, 0.25) is 0 Å². The van der Waals surface area contributed by atoms with Crippen molar-refractivity contribution in [1.82, 2.24) is 0 Å². The monoisotopic (exact) mass is 322 g/mol. The highest BCUT2D eigenvalue weighted by atomic mass is 32.2. The highest BCUT2D eigenvalue weighted by molar-refractivity contribution is 7.87. The average Bonchev–Trinajstić information content (AvgIpc) is 2.50. The van der Waals surface area contributed by atoms with Crippen molar-refractivity contribution in [2.24, 2.45) is 0 Å². The fourth-order valence-electron chi connectivity index (χ4n) is 1.76. The van der Waals surface area contributed by atoms with Gasteiger partial charge in [-0.25, -0.2) is 0 Å². The first kappa shape index (κ1) is 16.3. The largest absolute Gasteiger partial charge is 0.491 e. The molecule has 118 valence electrons. The van der Waals surface area contributed by atoms with E-state index in [-0.39, 0.29) is 4.90 Å². The molecule has 0 aliphatic carbocycles. The van der Waals surface area contributed by atoms with Gasteiger partial charge in [-0.3, -0.25) is 0 Å². The van der Waals surface area contributed by atoms with Crippen LogP contribution in [0, 0.1) is 6.92 Å². The quantitative estimate of drug-likeness (QED) is 0.579. The number of hydrogen-bond acceptors (Lipinski definition) is 5. The lowest BCUT2D eigenvalue weighted by Gasteiger charge is -2.10. The first-order valence-corrected chi connectivity index (χ1v) is 8.15.